The van der Waals surface area contributed by atoms with E-state index in [-0.39, 0.29) is 5.92 Å². The average molecular weight is 259 g/mol. The highest BCUT2D eigenvalue weighted by Crippen LogP contribution is 2.16. The van der Waals surface area contributed by atoms with Gasteiger partial charge in [-0.3, -0.25) is 0 Å². The van der Waals surface area contributed by atoms with Crippen LogP contribution in [-0.2, 0) is 9.53 Å². The fourth-order valence-electron chi connectivity index (χ4n) is 1.32. The lowest BCUT2D eigenvalue weighted by atomic mass is 9.91. The minimum absolute atomic E-state index is 0.209. The standard InChI is InChI=1S/C13H25NO4/c1-8(2)9(3)7-10(11(15)16)14-12(17)18-13(4,5)6/h8-10H,7H2,1-6H3,(H,14,17)(H,15,16). The zero-order valence-corrected chi connectivity index (χ0v) is 12.1. The topological polar surface area (TPSA) is 75.6 Å². The number of alkyl carbamates (subject to hydrolysis) is 1. The number of carbonyl (C=O) groups is 2. The Bertz CT molecular complexity index is 294. The van der Waals surface area contributed by atoms with Crippen molar-refractivity contribution >= 4 is 12.1 Å². The molecule has 106 valence electrons. The Balaban J connectivity index is 4.46. The first kappa shape index (κ1) is 16.7. The van der Waals surface area contributed by atoms with E-state index in [4.69, 9.17) is 9.84 Å². The van der Waals surface area contributed by atoms with Crippen molar-refractivity contribution in [3.63, 3.8) is 0 Å². The number of aliphatic carboxylic acids is 1. The van der Waals surface area contributed by atoms with Crippen LogP contribution in [0.1, 0.15) is 48.0 Å². The number of carboxylic acid groups (broad SMARTS) is 1. The van der Waals surface area contributed by atoms with Gasteiger partial charge in [0.15, 0.2) is 0 Å². The molecule has 0 rings (SSSR count). The summed E-state index contributed by atoms with van der Waals surface area (Å²) in [7, 11) is 0. The average Bonchev–Trinajstić information content (AvgIpc) is 2.12. The Hall–Kier alpha value is -1.26. The molecule has 0 aliphatic carbocycles. The molecule has 2 atom stereocenters. The quantitative estimate of drug-likeness (QED) is 0.795. The number of carbonyl (C=O) groups excluding carboxylic acids is 1. The molecular weight excluding hydrogens is 234 g/mol. The second-order valence-electron chi connectivity index (χ2n) is 5.99. The maximum absolute atomic E-state index is 11.5. The van der Waals surface area contributed by atoms with Crippen LogP contribution in [0.2, 0.25) is 0 Å². The predicted octanol–water partition coefficient (Wildman–Crippen LogP) is 2.65. The van der Waals surface area contributed by atoms with E-state index >= 15 is 0 Å². The van der Waals surface area contributed by atoms with E-state index in [0.29, 0.717) is 12.3 Å². The Morgan fingerprint density at radius 1 is 1.22 bits per heavy atom. The summed E-state index contributed by atoms with van der Waals surface area (Å²) in [6, 6.07) is -0.905. The molecule has 0 radical (unpaired) electrons. The number of rotatable bonds is 5. The third-order valence-electron chi connectivity index (χ3n) is 2.73. The monoisotopic (exact) mass is 259 g/mol. The van der Waals surface area contributed by atoms with Gasteiger partial charge in [-0.2, -0.15) is 0 Å². The van der Waals surface area contributed by atoms with Crippen LogP contribution in [0, 0.1) is 11.8 Å². The summed E-state index contributed by atoms with van der Waals surface area (Å²) in [6.07, 6.45) is -0.294. The van der Waals surface area contributed by atoms with Gasteiger partial charge >= 0.3 is 12.1 Å². The summed E-state index contributed by atoms with van der Waals surface area (Å²) in [5.74, 6) is -0.457. The van der Waals surface area contributed by atoms with Gasteiger partial charge in [0.2, 0.25) is 0 Å². The van der Waals surface area contributed by atoms with Crippen LogP contribution in [0.4, 0.5) is 4.79 Å². The molecule has 1 amide bonds. The number of amides is 1. The maximum Gasteiger partial charge on any atom is 0.408 e. The molecule has 2 unspecified atom stereocenters. The summed E-state index contributed by atoms with van der Waals surface area (Å²) in [5.41, 5.74) is -0.628. The van der Waals surface area contributed by atoms with Crippen molar-refractivity contribution in [2.24, 2.45) is 11.8 Å². The Labute approximate surface area is 109 Å². The fourth-order valence-corrected chi connectivity index (χ4v) is 1.32. The summed E-state index contributed by atoms with van der Waals surface area (Å²) in [6.45, 7) is 11.2. The van der Waals surface area contributed by atoms with Crippen LogP contribution in [-0.4, -0.2) is 28.8 Å². The van der Waals surface area contributed by atoms with Crippen molar-refractivity contribution in [3.8, 4) is 0 Å². The van der Waals surface area contributed by atoms with E-state index < -0.39 is 23.7 Å². The van der Waals surface area contributed by atoms with E-state index in [0.717, 1.165) is 0 Å². The van der Waals surface area contributed by atoms with Gasteiger partial charge in [-0.05, 0) is 39.0 Å². The van der Waals surface area contributed by atoms with Crippen LogP contribution < -0.4 is 5.32 Å². The van der Waals surface area contributed by atoms with Crippen LogP contribution in [0.3, 0.4) is 0 Å². The SMILES string of the molecule is CC(C)C(C)CC(NC(=O)OC(C)(C)C)C(=O)O. The number of nitrogens with one attached hydrogen (secondary N) is 1. The zero-order chi connectivity index (χ0) is 14.5. The lowest BCUT2D eigenvalue weighted by molar-refractivity contribution is -0.140. The van der Waals surface area contributed by atoms with Gasteiger partial charge in [0.05, 0.1) is 0 Å². The molecule has 0 spiro atoms. The van der Waals surface area contributed by atoms with E-state index in [1.165, 1.54) is 0 Å². The molecule has 0 aromatic heterocycles. The lowest BCUT2D eigenvalue weighted by Crippen LogP contribution is -2.44. The van der Waals surface area contributed by atoms with Crippen molar-refractivity contribution in [3.05, 3.63) is 0 Å². The predicted molar refractivity (Wildman–Crippen MR) is 69.4 cm³/mol. The normalized spacial score (nSPS) is 15.1. The smallest absolute Gasteiger partial charge is 0.408 e. The zero-order valence-electron chi connectivity index (χ0n) is 12.1. The molecular formula is C13H25NO4. The van der Waals surface area contributed by atoms with Crippen LogP contribution in [0.5, 0.6) is 0 Å². The number of carboxylic acids is 1. The van der Waals surface area contributed by atoms with Gasteiger partial charge < -0.3 is 15.2 Å². The van der Waals surface area contributed by atoms with Gasteiger partial charge in [0, 0.05) is 0 Å². The third-order valence-corrected chi connectivity index (χ3v) is 2.73. The molecule has 0 fully saturated rings. The third kappa shape index (κ3) is 7.14. The number of hydrogen-bond donors (Lipinski definition) is 2. The first-order chi connectivity index (χ1) is 8.03. The van der Waals surface area contributed by atoms with Crippen molar-refractivity contribution in [1.82, 2.24) is 5.32 Å². The molecule has 18 heavy (non-hydrogen) atoms. The lowest BCUT2D eigenvalue weighted by Gasteiger charge is -2.24. The van der Waals surface area contributed by atoms with Gasteiger partial charge in [0.25, 0.3) is 0 Å². The second-order valence-corrected chi connectivity index (χ2v) is 5.99. The minimum Gasteiger partial charge on any atom is -0.480 e. The van der Waals surface area contributed by atoms with Crippen molar-refractivity contribution in [1.29, 1.82) is 0 Å². The Morgan fingerprint density at radius 2 is 1.72 bits per heavy atom. The van der Waals surface area contributed by atoms with Gasteiger partial charge in [0.1, 0.15) is 11.6 Å². The molecule has 0 aromatic rings. The molecule has 0 aliphatic heterocycles. The van der Waals surface area contributed by atoms with Gasteiger partial charge in [-0.15, -0.1) is 0 Å². The Morgan fingerprint density at radius 3 is 2.06 bits per heavy atom. The molecule has 0 aromatic carbocycles. The van der Waals surface area contributed by atoms with Gasteiger partial charge in [-0.1, -0.05) is 20.8 Å². The molecule has 0 saturated heterocycles. The van der Waals surface area contributed by atoms with E-state index in [9.17, 15) is 9.59 Å². The highest BCUT2D eigenvalue weighted by atomic mass is 16.6. The van der Waals surface area contributed by atoms with Crippen LogP contribution in [0.25, 0.3) is 0 Å². The molecule has 0 saturated carbocycles. The molecule has 0 heterocycles. The van der Waals surface area contributed by atoms with Crippen LogP contribution >= 0.6 is 0 Å². The first-order valence-corrected chi connectivity index (χ1v) is 6.25. The second kappa shape index (κ2) is 6.61. The summed E-state index contributed by atoms with van der Waals surface area (Å²) >= 11 is 0. The summed E-state index contributed by atoms with van der Waals surface area (Å²) < 4.78 is 5.05. The summed E-state index contributed by atoms with van der Waals surface area (Å²) in [4.78, 5) is 22.6. The summed E-state index contributed by atoms with van der Waals surface area (Å²) in [5, 5.41) is 11.5. The molecule has 5 nitrogen and oxygen atoms in total. The highest BCUT2D eigenvalue weighted by Gasteiger charge is 2.26. The first-order valence-electron chi connectivity index (χ1n) is 6.25. The van der Waals surface area contributed by atoms with E-state index in [2.05, 4.69) is 5.32 Å². The maximum atomic E-state index is 11.5. The molecule has 2 N–H and O–H groups in total. The number of ether oxygens (including phenoxy) is 1. The molecule has 0 bridgehead atoms. The highest BCUT2D eigenvalue weighted by molar-refractivity contribution is 5.79. The fraction of sp³-hybridized carbons (Fsp3) is 0.846. The van der Waals surface area contributed by atoms with Gasteiger partial charge in [-0.25, -0.2) is 9.59 Å². The van der Waals surface area contributed by atoms with Crippen molar-refractivity contribution in [2.75, 3.05) is 0 Å². The Kier molecular flexibility index (Phi) is 6.15. The van der Waals surface area contributed by atoms with E-state index in [1.807, 2.05) is 20.8 Å². The van der Waals surface area contributed by atoms with Crippen LogP contribution in [0.15, 0.2) is 0 Å². The largest absolute Gasteiger partial charge is 0.480 e. The molecule has 5 heteroatoms. The molecule has 0 aliphatic rings. The van der Waals surface area contributed by atoms with Crippen molar-refractivity contribution < 1.29 is 19.4 Å². The van der Waals surface area contributed by atoms with E-state index in [1.54, 1.807) is 20.8 Å². The van der Waals surface area contributed by atoms with Crippen molar-refractivity contribution in [2.45, 2.75) is 59.6 Å². The number of hydrogen-bond acceptors (Lipinski definition) is 3. The minimum atomic E-state index is -1.03.